The van der Waals surface area contributed by atoms with Crippen LogP contribution in [0.2, 0.25) is 10.2 Å². The summed E-state index contributed by atoms with van der Waals surface area (Å²) in [7, 11) is 0. The van der Waals surface area contributed by atoms with E-state index in [1.54, 1.807) is 32.0 Å². The third kappa shape index (κ3) is 3.08. The van der Waals surface area contributed by atoms with Gasteiger partial charge in [-0.2, -0.15) is 10.2 Å². The van der Waals surface area contributed by atoms with E-state index >= 15 is 0 Å². The fraction of sp³-hybridized carbons (Fsp3) is 0.294. The number of carbonyl (C=O) groups is 2. The van der Waals surface area contributed by atoms with Gasteiger partial charge in [-0.15, -0.1) is 5.01 Å². The van der Waals surface area contributed by atoms with Gasteiger partial charge in [0.1, 0.15) is 10.7 Å². The van der Waals surface area contributed by atoms with Gasteiger partial charge in [0.15, 0.2) is 0 Å². The Morgan fingerprint density at radius 2 is 2.08 bits per heavy atom. The van der Waals surface area contributed by atoms with Crippen molar-refractivity contribution < 1.29 is 9.59 Å². The highest BCUT2D eigenvalue weighted by Gasteiger charge is 2.46. The van der Waals surface area contributed by atoms with Gasteiger partial charge in [-0.3, -0.25) is 4.79 Å². The highest BCUT2D eigenvalue weighted by molar-refractivity contribution is 6.32. The summed E-state index contributed by atoms with van der Waals surface area (Å²) in [4.78, 5) is 24.4. The van der Waals surface area contributed by atoms with Crippen LogP contribution >= 0.6 is 23.2 Å². The number of nitrogens with one attached hydrogen (secondary N) is 1. The molecule has 136 valence electrons. The van der Waals surface area contributed by atoms with Crippen molar-refractivity contribution in [2.45, 2.75) is 32.7 Å². The van der Waals surface area contributed by atoms with Crippen molar-refractivity contribution in [3.63, 3.8) is 0 Å². The highest BCUT2D eigenvalue weighted by atomic mass is 35.5. The van der Waals surface area contributed by atoms with Gasteiger partial charge in [0.05, 0.1) is 23.2 Å². The van der Waals surface area contributed by atoms with Gasteiger partial charge < -0.3 is 5.32 Å². The molecule has 0 spiro atoms. The predicted octanol–water partition coefficient (Wildman–Crippen LogP) is 3.54. The van der Waals surface area contributed by atoms with Gasteiger partial charge >= 0.3 is 6.03 Å². The Bertz CT molecular complexity index is 924. The number of imide groups is 1. The number of aromatic nitrogens is 2. The lowest BCUT2D eigenvalue weighted by Gasteiger charge is -2.17. The minimum absolute atomic E-state index is 0.304. The van der Waals surface area contributed by atoms with Crippen molar-refractivity contribution >= 4 is 41.4 Å². The molecule has 26 heavy (non-hydrogen) atoms. The summed E-state index contributed by atoms with van der Waals surface area (Å²) in [6.45, 7) is 5.25. The number of hydrogen-bond acceptors (Lipinski definition) is 4. The average Bonchev–Trinajstić information content (AvgIpc) is 3.00. The van der Waals surface area contributed by atoms with E-state index in [1.165, 1.54) is 10.9 Å². The summed E-state index contributed by atoms with van der Waals surface area (Å²) in [6, 6.07) is 6.52. The lowest BCUT2D eigenvalue weighted by molar-refractivity contribution is -0.130. The minimum atomic E-state index is -0.946. The van der Waals surface area contributed by atoms with E-state index in [1.807, 2.05) is 13.0 Å². The maximum atomic E-state index is 12.4. The molecule has 1 aromatic carbocycles. The summed E-state index contributed by atoms with van der Waals surface area (Å²) in [6.07, 6.45) is 1.83. The summed E-state index contributed by atoms with van der Waals surface area (Å²) in [5, 5.41) is 12.7. The lowest BCUT2D eigenvalue weighted by Crippen LogP contribution is -2.42. The molecule has 1 aromatic heterocycles. The Kier molecular flexibility index (Phi) is 4.77. The molecule has 2 heterocycles. The Morgan fingerprint density at radius 1 is 1.35 bits per heavy atom. The molecule has 3 rings (SSSR count). The van der Waals surface area contributed by atoms with Gasteiger partial charge in [-0.1, -0.05) is 36.2 Å². The molecule has 1 atom stereocenters. The van der Waals surface area contributed by atoms with Crippen LogP contribution in [0.3, 0.4) is 0 Å². The summed E-state index contributed by atoms with van der Waals surface area (Å²) in [5.41, 5.74) is 0.860. The Labute approximate surface area is 160 Å². The van der Waals surface area contributed by atoms with E-state index in [-0.39, 0.29) is 0 Å². The minimum Gasteiger partial charge on any atom is -0.322 e. The van der Waals surface area contributed by atoms with Crippen molar-refractivity contribution in [1.29, 1.82) is 0 Å². The average molecular weight is 394 g/mol. The number of hydrazone groups is 1. The van der Waals surface area contributed by atoms with Gasteiger partial charge in [-0.05, 0) is 38.5 Å². The topological polar surface area (TPSA) is 79.6 Å². The van der Waals surface area contributed by atoms with Crippen molar-refractivity contribution in [2.24, 2.45) is 5.10 Å². The number of rotatable bonds is 4. The smallest absolute Gasteiger partial charge is 0.322 e. The van der Waals surface area contributed by atoms with Gasteiger partial charge in [0.25, 0.3) is 5.91 Å². The molecule has 0 radical (unpaired) electrons. The summed E-state index contributed by atoms with van der Waals surface area (Å²) >= 11 is 12.4. The third-order valence-corrected chi connectivity index (χ3v) is 4.95. The van der Waals surface area contributed by atoms with Crippen molar-refractivity contribution in [3.05, 3.63) is 45.7 Å². The predicted molar refractivity (Wildman–Crippen MR) is 100.0 cm³/mol. The van der Waals surface area contributed by atoms with Crippen LogP contribution in [0, 0.1) is 6.92 Å². The molecule has 1 saturated heterocycles. The molecule has 2 aromatic rings. The van der Waals surface area contributed by atoms with Gasteiger partial charge in [0, 0.05) is 5.02 Å². The molecule has 1 fully saturated rings. The Morgan fingerprint density at radius 3 is 2.69 bits per heavy atom. The molecule has 1 unspecified atom stereocenters. The highest BCUT2D eigenvalue weighted by Crippen LogP contribution is 2.25. The van der Waals surface area contributed by atoms with Crippen molar-refractivity contribution in [3.8, 4) is 5.69 Å². The maximum absolute atomic E-state index is 12.4. The maximum Gasteiger partial charge on any atom is 0.346 e. The molecule has 0 bridgehead atoms. The Hall–Kier alpha value is -2.38. The molecular formula is C17H17Cl2N5O2. The first-order valence-electron chi connectivity index (χ1n) is 7.98. The second-order valence-electron chi connectivity index (χ2n) is 6.16. The lowest BCUT2D eigenvalue weighted by atomic mass is 10.00. The fourth-order valence-corrected chi connectivity index (χ4v) is 3.07. The molecular weight excluding hydrogens is 377 g/mol. The van der Waals surface area contributed by atoms with Crippen LogP contribution in [0.5, 0.6) is 0 Å². The molecule has 1 aliphatic rings. The van der Waals surface area contributed by atoms with Crippen LogP contribution in [0.4, 0.5) is 4.79 Å². The first-order valence-corrected chi connectivity index (χ1v) is 8.74. The van der Waals surface area contributed by atoms with E-state index < -0.39 is 17.5 Å². The van der Waals surface area contributed by atoms with E-state index in [2.05, 4.69) is 15.5 Å². The molecule has 1 aliphatic heterocycles. The molecule has 1 N–H and O–H groups in total. The van der Waals surface area contributed by atoms with E-state index in [0.717, 1.165) is 5.01 Å². The zero-order chi connectivity index (χ0) is 19.1. The van der Waals surface area contributed by atoms with Crippen LogP contribution in [0.25, 0.3) is 5.69 Å². The van der Waals surface area contributed by atoms with Crippen LogP contribution < -0.4 is 5.32 Å². The quantitative estimate of drug-likeness (QED) is 0.636. The fourth-order valence-electron chi connectivity index (χ4n) is 2.57. The summed E-state index contributed by atoms with van der Waals surface area (Å²) < 4.78 is 1.52. The molecule has 9 heteroatoms. The van der Waals surface area contributed by atoms with Crippen LogP contribution in [-0.4, -0.2) is 38.5 Å². The second kappa shape index (κ2) is 6.74. The monoisotopic (exact) mass is 393 g/mol. The van der Waals surface area contributed by atoms with E-state index in [9.17, 15) is 9.59 Å². The van der Waals surface area contributed by atoms with Gasteiger partial charge in [-0.25, -0.2) is 9.48 Å². The first kappa shape index (κ1) is 18.4. The van der Waals surface area contributed by atoms with E-state index in [4.69, 9.17) is 23.2 Å². The second-order valence-corrected chi connectivity index (χ2v) is 6.95. The van der Waals surface area contributed by atoms with Crippen LogP contribution in [-0.2, 0) is 4.79 Å². The number of amides is 3. The number of aryl methyl sites for hydroxylation is 1. The standard InChI is InChI=1S/C17H17Cl2N5O2/c1-4-17(3)15(25)24(16(26)21-17)20-9-13-10(2)22-23(14(13)19)12-7-5-6-11(18)8-12/h5-9H,4H2,1-3H3,(H,21,26). The number of hydrogen-bond donors (Lipinski definition) is 1. The number of urea groups is 1. The number of carbonyl (C=O) groups excluding carboxylic acids is 2. The molecule has 0 aliphatic carbocycles. The number of benzene rings is 1. The largest absolute Gasteiger partial charge is 0.346 e. The number of nitrogens with zero attached hydrogens (tertiary/aromatic N) is 4. The zero-order valence-corrected chi connectivity index (χ0v) is 16.0. The van der Waals surface area contributed by atoms with E-state index in [0.29, 0.717) is 33.5 Å². The molecule has 7 nitrogen and oxygen atoms in total. The van der Waals surface area contributed by atoms with Crippen LogP contribution in [0.15, 0.2) is 29.4 Å². The molecule has 0 saturated carbocycles. The summed E-state index contributed by atoms with van der Waals surface area (Å²) in [5.74, 6) is -0.405. The van der Waals surface area contributed by atoms with Crippen molar-refractivity contribution in [1.82, 2.24) is 20.1 Å². The number of halogens is 2. The van der Waals surface area contributed by atoms with Crippen molar-refractivity contribution in [2.75, 3.05) is 0 Å². The third-order valence-electron chi connectivity index (χ3n) is 4.35. The SMILES string of the molecule is CCC1(C)NC(=O)N(N=Cc2c(C)nn(-c3cccc(Cl)c3)c2Cl)C1=O. The first-order chi connectivity index (χ1) is 12.3. The Balaban J connectivity index is 1.93. The van der Waals surface area contributed by atoms with Gasteiger partial charge in [0.2, 0.25) is 0 Å². The normalized spacial score (nSPS) is 20.3. The molecule has 3 amide bonds. The van der Waals surface area contributed by atoms with Crippen LogP contribution in [0.1, 0.15) is 31.5 Å². The zero-order valence-electron chi connectivity index (χ0n) is 14.5.